The fourth-order valence-electron chi connectivity index (χ4n) is 4.43. The van der Waals surface area contributed by atoms with Crippen molar-refractivity contribution in [2.75, 3.05) is 13.2 Å². The molecule has 0 saturated carbocycles. The van der Waals surface area contributed by atoms with E-state index in [2.05, 4.69) is 61.0 Å². The van der Waals surface area contributed by atoms with Gasteiger partial charge >= 0.3 is 0 Å². The van der Waals surface area contributed by atoms with Crippen molar-refractivity contribution in [3.63, 3.8) is 0 Å². The van der Waals surface area contributed by atoms with Gasteiger partial charge in [-0.25, -0.2) is 4.98 Å². The van der Waals surface area contributed by atoms with Crippen molar-refractivity contribution in [3.8, 4) is 5.75 Å². The molecular weight excluding hydrogens is 426 g/mol. The van der Waals surface area contributed by atoms with E-state index in [1.165, 1.54) is 5.56 Å². The minimum atomic E-state index is -0.338. The monoisotopic (exact) mass is 463 g/mol. The van der Waals surface area contributed by atoms with E-state index in [1.54, 1.807) is 0 Å². The average molecular weight is 464 g/mol. The first-order valence-corrected chi connectivity index (χ1v) is 12.4. The summed E-state index contributed by atoms with van der Waals surface area (Å²) in [6.45, 7) is 10.8. The molecule has 2 atom stereocenters. The standard InChI is InChI=1S/C28H37N3O3/c1-20(29-27(32)25-12-9-19-34-25)26-30-23-10-5-6-11-24(23)31(26)17-7-8-18-33-22-15-13-21(14-16-22)28(2,3)4/h5-6,10-11,13-16,20,25H,7-9,12,17-19H2,1-4H3,(H,29,32). The van der Waals surface area contributed by atoms with Crippen molar-refractivity contribution in [1.29, 1.82) is 0 Å². The van der Waals surface area contributed by atoms with E-state index in [-0.39, 0.29) is 23.5 Å². The Balaban J connectivity index is 1.35. The Morgan fingerprint density at radius 2 is 1.94 bits per heavy atom. The maximum Gasteiger partial charge on any atom is 0.249 e. The Kier molecular flexibility index (Phi) is 7.57. The van der Waals surface area contributed by atoms with Crippen LogP contribution in [-0.4, -0.2) is 34.8 Å². The zero-order chi connectivity index (χ0) is 24.1. The fourth-order valence-corrected chi connectivity index (χ4v) is 4.43. The molecule has 0 aliphatic carbocycles. The van der Waals surface area contributed by atoms with Crippen LogP contribution in [0.5, 0.6) is 5.75 Å². The molecule has 1 fully saturated rings. The first-order valence-electron chi connectivity index (χ1n) is 12.4. The third kappa shape index (κ3) is 5.79. The number of carbonyl (C=O) groups is 1. The molecule has 0 spiro atoms. The summed E-state index contributed by atoms with van der Waals surface area (Å²) in [5.74, 6) is 1.74. The number of ether oxygens (including phenoxy) is 2. The topological polar surface area (TPSA) is 65.4 Å². The number of benzene rings is 2. The zero-order valence-electron chi connectivity index (χ0n) is 20.8. The number of carbonyl (C=O) groups excluding carboxylic acids is 1. The highest BCUT2D eigenvalue weighted by Crippen LogP contribution is 2.25. The van der Waals surface area contributed by atoms with Crippen LogP contribution in [0.2, 0.25) is 0 Å². The second kappa shape index (κ2) is 10.6. The maximum atomic E-state index is 12.6. The molecular formula is C28H37N3O3. The minimum Gasteiger partial charge on any atom is -0.494 e. The minimum absolute atomic E-state index is 0.0468. The molecule has 3 aromatic rings. The Hall–Kier alpha value is -2.86. The molecule has 6 nitrogen and oxygen atoms in total. The second-order valence-corrected chi connectivity index (χ2v) is 10.2. The molecule has 0 bridgehead atoms. The number of nitrogens with one attached hydrogen (secondary N) is 1. The van der Waals surface area contributed by atoms with Gasteiger partial charge in [-0.1, -0.05) is 45.0 Å². The van der Waals surface area contributed by atoms with E-state index in [0.29, 0.717) is 13.2 Å². The van der Waals surface area contributed by atoms with Crippen LogP contribution in [0.1, 0.15) is 70.8 Å². The summed E-state index contributed by atoms with van der Waals surface area (Å²) in [5.41, 5.74) is 3.49. The third-order valence-electron chi connectivity index (χ3n) is 6.42. The molecule has 182 valence electrons. The van der Waals surface area contributed by atoms with Gasteiger partial charge in [0.05, 0.1) is 23.7 Å². The quantitative estimate of drug-likeness (QED) is 0.423. The van der Waals surface area contributed by atoms with Crippen LogP contribution in [0.4, 0.5) is 0 Å². The SMILES string of the molecule is CC(NC(=O)C1CCCO1)c1nc2ccccc2n1CCCCOc1ccc(C(C)(C)C)cc1. The molecule has 2 unspecified atom stereocenters. The number of imidazole rings is 1. The van der Waals surface area contributed by atoms with Crippen LogP contribution in [0.15, 0.2) is 48.5 Å². The van der Waals surface area contributed by atoms with Gasteiger partial charge in [-0.15, -0.1) is 0 Å². The van der Waals surface area contributed by atoms with Crippen molar-refractivity contribution < 1.29 is 14.3 Å². The van der Waals surface area contributed by atoms with Crippen LogP contribution >= 0.6 is 0 Å². The Labute approximate surface area is 202 Å². The van der Waals surface area contributed by atoms with Crippen molar-refractivity contribution in [2.24, 2.45) is 0 Å². The van der Waals surface area contributed by atoms with Gasteiger partial charge in [-0.2, -0.15) is 0 Å². The number of rotatable bonds is 9. The molecule has 0 radical (unpaired) electrons. The molecule has 34 heavy (non-hydrogen) atoms. The van der Waals surface area contributed by atoms with Gasteiger partial charge in [-0.05, 0) is 67.9 Å². The predicted molar refractivity (Wildman–Crippen MR) is 135 cm³/mol. The molecule has 6 heteroatoms. The van der Waals surface area contributed by atoms with Crippen LogP contribution < -0.4 is 10.1 Å². The molecule has 1 aromatic heterocycles. The first-order chi connectivity index (χ1) is 16.3. The first kappa shape index (κ1) is 24.3. The number of para-hydroxylation sites is 2. The Bertz CT molecular complexity index is 1090. The van der Waals surface area contributed by atoms with Crippen LogP contribution in [0.25, 0.3) is 11.0 Å². The van der Waals surface area contributed by atoms with Crippen LogP contribution in [0, 0.1) is 0 Å². The predicted octanol–water partition coefficient (Wildman–Crippen LogP) is 5.55. The van der Waals surface area contributed by atoms with E-state index >= 15 is 0 Å². The highest BCUT2D eigenvalue weighted by Gasteiger charge is 2.26. The lowest BCUT2D eigenvalue weighted by molar-refractivity contribution is -0.130. The third-order valence-corrected chi connectivity index (χ3v) is 6.42. The highest BCUT2D eigenvalue weighted by atomic mass is 16.5. The van der Waals surface area contributed by atoms with Gasteiger partial charge in [0.2, 0.25) is 5.91 Å². The smallest absolute Gasteiger partial charge is 0.249 e. The summed E-state index contributed by atoms with van der Waals surface area (Å²) in [6, 6.07) is 16.4. The van der Waals surface area contributed by atoms with E-state index in [1.807, 2.05) is 25.1 Å². The van der Waals surface area contributed by atoms with E-state index in [9.17, 15) is 4.79 Å². The van der Waals surface area contributed by atoms with Gasteiger partial charge in [0.25, 0.3) is 0 Å². The lowest BCUT2D eigenvalue weighted by Gasteiger charge is -2.19. The van der Waals surface area contributed by atoms with E-state index < -0.39 is 0 Å². The number of amides is 1. The lowest BCUT2D eigenvalue weighted by atomic mass is 9.87. The number of aromatic nitrogens is 2. The molecule has 2 aromatic carbocycles. The Morgan fingerprint density at radius 1 is 1.18 bits per heavy atom. The number of hydrogen-bond donors (Lipinski definition) is 1. The fraction of sp³-hybridized carbons (Fsp3) is 0.500. The van der Waals surface area contributed by atoms with Crippen LogP contribution in [0.3, 0.4) is 0 Å². The van der Waals surface area contributed by atoms with E-state index in [4.69, 9.17) is 14.5 Å². The number of unbranched alkanes of at least 4 members (excludes halogenated alkanes) is 1. The molecule has 4 rings (SSSR count). The average Bonchev–Trinajstić information content (AvgIpc) is 3.47. The van der Waals surface area contributed by atoms with Gasteiger partial charge < -0.3 is 19.4 Å². The number of fused-ring (bicyclic) bond motifs is 1. The molecule has 1 saturated heterocycles. The van der Waals surface area contributed by atoms with Crippen molar-refractivity contribution in [2.45, 2.75) is 77.5 Å². The molecule has 1 amide bonds. The van der Waals surface area contributed by atoms with Crippen molar-refractivity contribution in [1.82, 2.24) is 14.9 Å². The second-order valence-electron chi connectivity index (χ2n) is 10.2. The van der Waals surface area contributed by atoms with Gasteiger partial charge in [0, 0.05) is 13.2 Å². The summed E-state index contributed by atoms with van der Waals surface area (Å²) in [4.78, 5) is 17.4. The summed E-state index contributed by atoms with van der Waals surface area (Å²) in [7, 11) is 0. The summed E-state index contributed by atoms with van der Waals surface area (Å²) in [5, 5.41) is 3.11. The van der Waals surface area contributed by atoms with Gasteiger partial charge in [0.15, 0.2) is 0 Å². The normalized spacial score (nSPS) is 17.1. The summed E-state index contributed by atoms with van der Waals surface area (Å²) in [6.07, 6.45) is 3.28. The van der Waals surface area contributed by atoms with Crippen molar-refractivity contribution in [3.05, 3.63) is 59.9 Å². The largest absolute Gasteiger partial charge is 0.494 e. The lowest BCUT2D eigenvalue weighted by Crippen LogP contribution is -2.36. The molecule has 2 heterocycles. The zero-order valence-corrected chi connectivity index (χ0v) is 20.8. The summed E-state index contributed by atoms with van der Waals surface area (Å²) >= 11 is 0. The van der Waals surface area contributed by atoms with Crippen LogP contribution in [-0.2, 0) is 21.5 Å². The summed E-state index contributed by atoms with van der Waals surface area (Å²) < 4.78 is 13.7. The van der Waals surface area contributed by atoms with Gasteiger partial charge in [-0.3, -0.25) is 4.79 Å². The number of nitrogens with zero attached hydrogens (tertiary/aromatic N) is 2. The van der Waals surface area contributed by atoms with Crippen molar-refractivity contribution >= 4 is 16.9 Å². The molecule has 1 aliphatic rings. The van der Waals surface area contributed by atoms with Gasteiger partial charge in [0.1, 0.15) is 17.7 Å². The highest BCUT2D eigenvalue weighted by molar-refractivity contribution is 5.81. The van der Waals surface area contributed by atoms with E-state index in [0.717, 1.165) is 54.8 Å². The Morgan fingerprint density at radius 3 is 2.65 bits per heavy atom. The molecule has 1 N–H and O–H groups in total. The number of aryl methyl sites for hydroxylation is 1. The maximum absolute atomic E-state index is 12.6. The number of hydrogen-bond acceptors (Lipinski definition) is 4. The molecule has 1 aliphatic heterocycles.